The highest BCUT2D eigenvalue weighted by atomic mass is 16.8. The Morgan fingerprint density at radius 3 is 2.42 bits per heavy atom. The van der Waals surface area contributed by atoms with Gasteiger partial charge in [0.1, 0.15) is 59.0 Å². The van der Waals surface area contributed by atoms with Crippen LogP contribution in [0.3, 0.4) is 0 Å². The Balaban J connectivity index is 1.65. The predicted octanol–water partition coefficient (Wildman–Crippen LogP) is 6.50. The highest BCUT2D eigenvalue weighted by Crippen LogP contribution is 2.35. The molecule has 1 aromatic carbocycles. The molecule has 1 N–H and O–H groups in total. The van der Waals surface area contributed by atoms with E-state index in [1.54, 1.807) is 92.7 Å². The van der Waals surface area contributed by atoms with E-state index in [0.29, 0.717) is 17.7 Å². The largest absolute Gasteiger partial charge is 0.492 e. The lowest BCUT2D eigenvalue weighted by Crippen LogP contribution is -2.39. The number of hydrogen-bond acceptors (Lipinski definition) is 13. The monoisotopic (exact) mass is 771 g/mol. The Kier molecular flexibility index (Phi) is 14.2. The van der Waals surface area contributed by atoms with Crippen LogP contribution in [0.5, 0.6) is 11.5 Å². The number of imidazole rings is 1. The Morgan fingerprint density at radius 1 is 1.04 bits per heavy atom. The normalized spacial score (nSPS) is 24.0. The van der Waals surface area contributed by atoms with Crippen molar-refractivity contribution in [2.45, 2.75) is 124 Å². The van der Waals surface area contributed by atoms with Crippen LogP contribution >= 0.6 is 0 Å². The minimum absolute atomic E-state index is 0.0220. The molecule has 0 radical (unpaired) electrons. The molecule has 0 aliphatic carbocycles. The van der Waals surface area contributed by atoms with Gasteiger partial charge in [-0.3, -0.25) is 4.90 Å². The van der Waals surface area contributed by atoms with Crippen LogP contribution in [0.4, 0.5) is 9.59 Å². The molecule has 0 bridgehead atoms. The molecule has 15 nitrogen and oxygen atoms in total. The van der Waals surface area contributed by atoms with Gasteiger partial charge in [-0.05, 0) is 80.4 Å². The summed E-state index contributed by atoms with van der Waals surface area (Å²) in [6.45, 7) is 17.5. The van der Waals surface area contributed by atoms with Crippen LogP contribution in [0.25, 0.3) is 6.08 Å². The number of benzene rings is 1. The summed E-state index contributed by atoms with van der Waals surface area (Å²) < 4.78 is 47.8. The molecule has 2 aromatic rings. The third kappa shape index (κ3) is 12.5. The van der Waals surface area contributed by atoms with Gasteiger partial charge in [-0.15, -0.1) is 0 Å². The van der Waals surface area contributed by atoms with Gasteiger partial charge in [-0.2, -0.15) is 0 Å². The molecule has 1 unspecified atom stereocenters. The molecular weight excluding hydrogens is 714 g/mol. The maximum atomic E-state index is 13.8. The predicted molar refractivity (Wildman–Crippen MR) is 202 cm³/mol. The van der Waals surface area contributed by atoms with Crippen molar-refractivity contribution in [2.75, 3.05) is 27.1 Å². The number of fused-ring (bicyclic) bond motifs is 2. The quantitative estimate of drug-likeness (QED) is 0.127. The number of aliphatic hydroxyl groups excluding tert-OH is 1. The summed E-state index contributed by atoms with van der Waals surface area (Å²) in [7, 11) is 1.46. The zero-order valence-corrected chi connectivity index (χ0v) is 33.8. The summed E-state index contributed by atoms with van der Waals surface area (Å²) in [5.41, 5.74) is -0.957. The average molecular weight is 772 g/mol. The molecule has 0 spiro atoms. The topological polar surface area (TPSA) is 166 Å². The van der Waals surface area contributed by atoms with Crippen LogP contribution in [0.15, 0.2) is 42.8 Å². The van der Waals surface area contributed by atoms with Crippen molar-refractivity contribution in [3.05, 3.63) is 59.7 Å². The second kappa shape index (κ2) is 18.0. The first-order chi connectivity index (χ1) is 25.7. The molecule has 1 fully saturated rings. The van der Waals surface area contributed by atoms with Crippen molar-refractivity contribution >= 4 is 24.2 Å². The lowest BCUT2D eigenvalue weighted by Gasteiger charge is -2.27. The number of rotatable bonds is 9. The van der Waals surface area contributed by atoms with Crippen molar-refractivity contribution in [3.8, 4) is 11.5 Å². The summed E-state index contributed by atoms with van der Waals surface area (Å²) in [5, 5.41) is 11.0. The summed E-state index contributed by atoms with van der Waals surface area (Å²) in [6, 6.07) is 3.22. The van der Waals surface area contributed by atoms with Gasteiger partial charge >= 0.3 is 18.2 Å². The summed E-state index contributed by atoms with van der Waals surface area (Å²) in [5.74, 6) is -1.05. The number of nitrogens with zero attached hydrogens (tertiary/aromatic N) is 3. The molecular formula is C40H57N3O12. The lowest BCUT2D eigenvalue weighted by atomic mass is 9.99. The van der Waals surface area contributed by atoms with E-state index in [2.05, 4.69) is 4.98 Å². The van der Waals surface area contributed by atoms with Gasteiger partial charge in [0.25, 0.3) is 0 Å². The Bertz CT molecular complexity index is 1700. The third-order valence-electron chi connectivity index (χ3n) is 8.43. The van der Waals surface area contributed by atoms with E-state index >= 15 is 0 Å². The van der Waals surface area contributed by atoms with Gasteiger partial charge in [0.05, 0.1) is 19.2 Å². The smallest absolute Gasteiger partial charge is 0.420 e. The van der Waals surface area contributed by atoms with E-state index < -0.39 is 59.6 Å². The average Bonchev–Trinajstić information content (AvgIpc) is 3.66. The second-order valence-corrected chi connectivity index (χ2v) is 16.0. The van der Waals surface area contributed by atoms with Gasteiger partial charge in [0, 0.05) is 31.5 Å². The number of cyclic esters (lactones) is 1. The maximum absolute atomic E-state index is 13.8. The molecule has 5 atom stereocenters. The summed E-state index contributed by atoms with van der Waals surface area (Å²) >= 11 is 0. The van der Waals surface area contributed by atoms with Crippen molar-refractivity contribution in [2.24, 2.45) is 5.92 Å². The number of aromatic nitrogens is 2. The van der Waals surface area contributed by atoms with Crippen molar-refractivity contribution in [3.63, 3.8) is 0 Å². The lowest BCUT2D eigenvalue weighted by molar-refractivity contribution is -0.152. The van der Waals surface area contributed by atoms with E-state index in [0.717, 1.165) is 0 Å². The van der Waals surface area contributed by atoms with Crippen LogP contribution in [-0.4, -0.2) is 106 Å². The minimum Gasteiger partial charge on any atom is -0.492 e. The molecule has 2 aliphatic rings. The summed E-state index contributed by atoms with van der Waals surface area (Å²) in [6.07, 6.45) is 6.36. The standard InChI is InChI=1S/C40H57N3O12/c1-25-15-16-29(44)34-30(52-40(9,10)53-34)14-12-13-27-21-28(22-31(50-24-48-11)33(27)35(45)51-26(25)2)49-20-19-42(36(46)54-38(3,4)5)23-32-41-17-18-43(32)37(47)55-39(6,7)8/h12-13,15-18,21-22,25-26,29-30,34,44H,14,19-20,23-24H2,1-11H3/b13-12+,16-15-/t25-,26+,29?,30+,34-/m1/s1. The minimum atomic E-state index is -0.951. The molecule has 1 aromatic heterocycles. The van der Waals surface area contributed by atoms with Crippen LogP contribution in [0.1, 0.15) is 97.4 Å². The second-order valence-electron chi connectivity index (χ2n) is 16.0. The number of carbonyl (C=O) groups is 3. The number of hydrogen-bond donors (Lipinski definition) is 1. The first-order valence-electron chi connectivity index (χ1n) is 18.4. The molecule has 4 rings (SSSR count). The molecule has 0 saturated carbocycles. The van der Waals surface area contributed by atoms with E-state index in [9.17, 15) is 19.5 Å². The zero-order valence-electron chi connectivity index (χ0n) is 33.8. The fourth-order valence-electron chi connectivity index (χ4n) is 5.77. The first kappa shape index (κ1) is 43.3. The van der Waals surface area contributed by atoms with Crippen molar-refractivity contribution in [1.29, 1.82) is 0 Å². The zero-order chi connectivity index (χ0) is 40.7. The maximum Gasteiger partial charge on any atom is 0.420 e. The highest BCUT2D eigenvalue weighted by molar-refractivity contribution is 5.97. The third-order valence-corrected chi connectivity index (χ3v) is 8.43. The van der Waals surface area contributed by atoms with Gasteiger partial charge in [-0.1, -0.05) is 31.2 Å². The van der Waals surface area contributed by atoms with Gasteiger partial charge < -0.3 is 43.0 Å². The molecule has 15 heteroatoms. The number of amides is 1. The highest BCUT2D eigenvalue weighted by Gasteiger charge is 2.43. The Labute approximate surface area is 323 Å². The Hall–Kier alpha value is -4.44. The molecule has 1 amide bonds. The van der Waals surface area contributed by atoms with E-state index in [1.165, 1.54) is 29.0 Å². The van der Waals surface area contributed by atoms with Crippen molar-refractivity contribution < 1.29 is 57.4 Å². The molecule has 55 heavy (non-hydrogen) atoms. The van der Waals surface area contributed by atoms with Crippen LogP contribution in [0.2, 0.25) is 0 Å². The van der Waals surface area contributed by atoms with Gasteiger partial charge in [0.15, 0.2) is 12.6 Å². The SMILES string of the molecule is COCOc1cc(OCCN(Cc2nccn2C(=O)OC(C)(C)C)C(=O)OC(C)(C)C)cc2c1C(=O)O[C@@H](C)[C@H](C)/C=C\C(O)[C@H]1OC(C)(C)O[C@H]1C/C=C/2. The van der Waals surface area contributed by atoms with Gasteiger partial charge in [-0.25, -0.2) is 23.9 Å². The molecule has 2 aliphatic heterocycles. The number of ether oxygens (including phenoxy) is 8. The number of esters is 1. The van der Waals surface area contributed by atoms with Gasteiger partial charge in [0.2, 0.25) is 0 Å². The van der Waals surface area contributed by atoms with Crippen LogP contribution in [-0.2, 0) is 35.0 Å². The Morgan fingerprint density at radius 2 is 1.75 bits per heavy atom. The number of carbonyl (C=O) groups excluding carboxylic acids is 3. The fourth-order valence-corrected chi connectivity index (χ4v) is 5.77. The van der Waals surface area contributed by atoms with Crippen molar-refractivity contribution in [1.82, 2.24) is 14.5 Å². The molecule has 304 valence electrons. The fraction of sp³-hybridized carbons (Fsp3) is 0.600. The molecule has 1 saturated heterocycles. The van der Waals surface area contributed by atoms with E-state index in [-0.39, 0.29) is 49.5 Å². The van der Waals surface area contributed by atoms with Crippen LogP contribution < -0.4 is 9.47 Å². The van der Waals surface area contributed by atoms with E-state index in [1.807, 2.05) is 13.0 Å². The number of aliphatic hydroxyl groups is 1. The van der Waals surface area contributed by atoms with E-state index in [4.69, 9.17) is 37.9 Å². The van der Waals surface area contributed by atoms with Crippen LogP contribution in [0, 0.1) is 5.92 Å². The number of methoxy groups -OCH3 is 1. The first-order valence-corrected chi connectivity index (χ1v) is 18.4. The molecule has 3 heterocycles. The summed E-state index contributed by atoms with van der Waals surface area (Å²) in [4.78, 5) is 45.8.